The molecule has 1 aromatic heterocycles. The first kappa shape index (κ1) is 14.4. The molecule has 0 spiro atoms. The lowest BCUT2D eigenvalue weighted by molar-refractivity contribution is 0.476. The van der Waals surface area contributed by atoms with Crippen LogP contribution in [0.25, 0.3) is 0 Å². The van der Waals surface area contributed by atoms with E-state index in [1.807, 2.05) is 6.08 Å². The van der Waals surface area contributed by atoms with E-state index in [1.165, 1.54) is 31.4 Å². The molecule has 17 heavy (non-hydrogen) atoms. The van der Waals surface area contributed by atoms with E-state index < -0.39 is 0 Å². The average Bonchev–Trinajstić information content (AvgIpc) is 2.74. The SMILES string of the molecule is C=CCCCCCC(NCC)c1csc(C)n1. The number of hydrogen-bond acceptors (Lipinski definition) is 3. The molecule has 0 saturated heterocycles. The minimum Gasteiger partial charge on any atom is -0.309 e. The Balaban J connectivity index is 2.35. The number of unbranched alkanes of at least 4 members (excludes halogenated alkanes) is 3. The van der Waals surface area contributed by atoms with Gasteiger partial charge in [-0.3, -0.25) is 0 Å². The van der Waals surface area contributed by atoms with E-state index >= 15 is 0 Å². The van der Waals surface area contributed by atoms with Crippen LogP contribution in [0.1, 0.15) is 55.8 Å². The molecular formula is C14H24N2S. The van der Waals surface area contributed by atoms with Crippen LogP contribution in [0, 0.1) is 6.92 Å². The summed E-state index contributed by atoms with van der Waals surface area (Å²) in [6.07, 6.45) is 8.15. The fourth-order valence-corrected chi connectivity index (χ4v) is 2.62. The van der Waals surface area contributed by atoms with Crippen molar-refractivity contribution in [3.63, 3.8) is 0 Å². The van der Waals surface area contributed by atoms with Crippen LogP contribution in [-0.4, -0.2) is 11.5 Å². The Morgan fingerprint density at radius 1 is 1.47 bits per heavy atom. The average molecular weight is 252 g/mol. The van der Waals surface area contributed by atoms with Crippen LogP contribution in [-0.2, 0) is 0 Å². The Kier molecular flexibility index (Phi) is 7.13. The normalized spacial score (nSPS) is 12.6. The van der Waals surface area contributed by atoms with Gasteiger partial charge in [-0.05, 0) is 32.7 Å². The molecule has 96 valence electrons. The molecule has 1 atom stereocenters. The largest absolute Gasteiger partial charge is 0.309 e. The van der Waals surface area contributed by atoms with Gasteiger partial charge in [-0.1, -0.05) is 25.8 Å². The second-order valence-corrected chi connectivity index (χ2v) is 5.39. The van der Waals surface area contributed by atoms with E-state index in [0.717, 1.165) is 18.0 Å². The maximum absolute atomic E-state index is 4.58. The zero-order valence-electron chi connectivity index (χ0n) is 11.0. The molecule has 1 unspecified atom stereocenters. The lowest BCUT2D eigenvalue weighted by atomic mass is 10.1. The highest BCUT2D eigenvalue weighted by molar-refractivity contribution is 7.09. The topological polar surface area (TPSA) is 24.9 Å². The lowest BCUT2D eigenvalue weighted by Gasteiger charge is -2.15. The first-order valence-electron chi connectivity index (χ1n) is 6.54. The predicted molar refractivity (Wildman–Crippen MR) is 76.6 cm³/mol. The molecule has 0 aliphatic heterocycles. The summed E-state index contributed by atoms with van der Waals surface area (Å²) in [5, 5.41) is 6.88. The fourth-order valence-electron chi connectivity index (χ4n) is 1.96. The van der Waals surface area contributed by atoms with Gasteiger partial charge in [-0.15, -0.1) is 17.9 Å². The Morgan fingerprint density at radius 3 is 2.88 bits per heavy atom. The van der Waals surface area contributed by atoms with Gasteiger partial charge in [0.25, 0.3) is 0 Å². The van der Waals surface area contributed by atoms with Crippen molar-refractivity contribution in [1.82, 2.24) is 10.3 Å². The van der Waals surface area contributed by atoms with Gasteiger partial charge in [0.15, 0.2) is 0 Å². The van der Waals surface area contributed by atoms with Crippen molar-refractivity contribution >= 4 is 11.3 Å². The van der Waals surface area contributed by atoms with Crippen molar-refractivity contribution in [3.8, 4) is 0 Å². The highest BCUT2D eigenvalue weighted by Gasteiger charge is 2.12. The quantitative estimate of drug-likeness (QED) is 0.525. The maximum Gasteiger partial charge on any atom is 0.0898 e. The minimum absolute atomic E-state index is 0.439. The van der Waals surface area contributed by atoms with Crippen molar-refractivity contribution in [1.29, 1.82) is 0 Å². The molecule has 0 aliphatic carbocycles. The van der Waals surface area contributed by atoms with Crippen LogP contribution in [0.2, 0.25) is 0 Å². The van der Waals surface area contributed by atoms with Crippen LogP contribution in [0.15, 0.2) is 18.0 Å². The first-order valence-corrected chi connectivity index (χ1v) is 7.42. The number of aryl methyl sites for hydroxylation is 1. The summed E-state index contributed by atoms with van der Waals surface area (Å²) in [6, 6.07) is 0.439. The molecule has 1 rings (SSSR count). The molecule has 2 nitrogen and oxygen atoms in total. The lowest BCUT2D eigenvalue weighted by Crippen LogP contribution is -2.21. The van der Waals surface area contributed by atoms with Crippen molar-refractivity contribution < 1.29 is 0 Å². The number of allylic oxidation sites excluding steroid dienone is 1. The number of hydrogen-bond donors (Lipinski definition) is 1. The molecule has 0 aliphatic rings. The van der Waals surface area contributed by atoms with Crippen molar-refractivity contribution in [3.05, 3.63) is 28.7 Å². The Morgan fingerprint density at radius 2 is 2.29 bits per heavy atom. The third-order valence-corrected chi connectivity index (χ3v) is 3.64. The summed E-state index contributed by atoms with van der Waals surface area (Å²) in [5.41, 5.74) is 1.22. The summed E-state index contributed by atoms with van der Waals surface area (Å²) < 4.78 is 0. The second-order valence-electron chi connectivity index (χ2n) is 4.33. The van der Waals surface area contributed by atoms with Crippen LogP contribution in [0.5, 0.6) is 0 Å². The van der Waals surface area contributed by atoms with Crippen molar-refractivity contribution in [2.75, 3.05) is 6.54 Å². The van der Waals surface area contributed by atoms with Gasteiger partial charge in [0.05, 0.1) is 16.7 Å². The monoisotopic (exact) mass is 252 g/mol. The third-order valence-electron chi connectivity index (χ3n) is 2.85. The van der Waals surface area contributed by atoms with Gasteiger partial charge in [0.1, 0.15) is 0 Å². The predicted octanol–water partition coefficient (Wildman–Crippen LogP) is 4.24. The Bertz CT molecular complexity index is 320. The number of thiazole rings is 1. The summed E-state index contributed by atoms with van der Waals surface area (Å²) in [7, 11) is 0. The Hall–Kier alpha value is -0.670. The van der Waals surface area contributed by atoms with E-state index in [1.54, 1.807) is 11.3 Å². The fraction of sp³-hybridized carbons (Fsp3) is 0.643. The summed E-state index contributed by atoms with van der Waals surface area (Å²) in [4.78, 5) is 4.58. The number of rotatable bonds is 9. The van der Waals surface area contributed by atoms with Crippen molar-refractivity contribution in [2.24, 2.45) is 0 Å². The van der Waals surface area contributed by atoms with Crippen LogP contribution >= 0.6 is 11.3 Å². The third kappa shape index (κ3) is 5.46. The minimum atomic E-state index is 0.439. The molecule has 0 saturated carbocycles. The molecule has 0 amide bonds. The zero-order valence-corrected chi connectivity index (χ0v) is 11.9. The van der Waals surface area contributed by atoms with E-state index in [9.17, 15) is 0 Å². The first-order chi connectivity index (χ1) is 8.27. The second kappa shape index (κ2) is 8.43. The summed E-state index contributed by atoms with van der Waals surface area (Å²) in [6.45, 7) is 8.99. The molecular weight excluding hydrogens is 228 g/mol. The number of nitrogens with one attached hydrogen (secondary N) is 1. The van der Waals surface area contributed by atoms with E-state index in [4.69, 9.17) is 0 Å². The molecule has 1 aromatic rings. The molecule has 0 fully saturated rings. The standard InChI is InChI=1S/C14H24N2S/c1-4-6-7-8-9-10-13(15-5-2)14-11-17-12(3)16-14/h4,11,13,15H,1,5-10H2,2-3H3. The molecule has 3 heteroatoms. The summed E-state index contributed by atoms with van der Waals surface area (Å²) in [5.74, 6) is 0. The molecule has 1 N–H and O–H groups in total. The van der Waals surface area contributed by atoms with Gasteiger partial charge >= 0.3 is 0 Å². The van der Waals surface area contributed by atoms with Gasteiger partial charge in [0.2, 0.25) is 0 Å². The number of nitrogens with zero attached hydrogens (tertiary/aromatic N) is 1. The molecule has 0 bridgehead atoms. The van der Waals surface area contributed by atoms with Gasteiger partial charge in [-0.25, -0.2) is 4.98 Å². The highest BCUT2D eigenvalue weighted by atomic mass is 32.1. The summed E-state index contributed by atoms with van der Waals surface area (Å²) >= 11 is 1.74. The molecule has 0 aromatic carbocycles. The Labute approximate surface area is 109 Å². The van der Waals surface area contributed by atoms with E-state index in [-0.39, 0.29) is 0 Å². The zero-order chi connectivity index (χ0) is 12.5. The van der Waals surface area contributed by atoms with Crippen LogP contribution < -0.4 is 5.32 Å². The number of aromatic nitrogens is 1. The van der Waals surface area contributed by atoms with E-state index in [0.29, 0.717) is 6.04 Å². The van der Waals surface area contributed by atoms with Gasteiger partial charge in [-0.2, -0.15) is 0 Å². The smallest absolute Gasteiger partial charge is 0.0898 e. The molecule has 1 heterocycles. The maximum atomic E-state index is 4.58. The van der Waals surface area contributed by atoms with Gasteiger partial charge < -0.3 is 5.32 Å². The molecule has 0 radical (unpaired) electrons. The highest BCUT2D eigenvalue weighted by Crippen LogP contribution is 2.21. The van der Waals surface area contributed by atoms with E-state index in [2.05, 4.69) is 36.1 Å². The van der Waals surface area contributed by atoms with Gasteiger partial charge in [0, 0.05) is 5.38 Å². The van der Waals surface area contributed by atoms with Crippen molar-refractivity contribution in [2.45, 2.75) is 52.0 Å². The van der Waals surface area contributed by atoms with Crippen LogP contribution in [0.4, 0.5) is 0 Å². The van der Waals surface area contributed by atoms with Crippen LogP contribution in [0.3, 0.4) is 0 Å².